The molecule has 3 unspecified atom stereocenters. The van der Waals surface area contributed by atoms with Crippen molar-refractivity contribution < 1.29 is 4.74 Å². The lowest BCUT2D eigenvalue weighted by Crippen LogP contribution is -2.66. The van der Waals surface area contributed by atoms with Crippen LogP contribution in [0.1, 0.15) is 46.0 Å². The molecule has 3 heterocycles. The maximum Gasteiger partial charge on any atom is 0.0670 e. The van der Waals surface area contributed by atoms with Crippen LogP contribution in [0.3, 0.4) is 0 Å². The molecule has 0 radical (unpaired) electrons. The Morgan fingerprint density at radius 1 is 1.30 bits per heavy atom. The summed E-state index contributed by atoms with van der Waals surface area (Å²) in [5.74, 6) is 0. The molecular weight excluding hydrogens is 250 g/mol. The summed E-state index contributed by atoms with van der Waals surface area (Å²) in [6.45, 7) is 11.1. The van der Waals surface area contributed by atoms with Gasteiger partial charge < -0.3 is 10.5 Å². The fraction of sp³-hybridized carbons (Fsp3) is 1.00. The van der Waals surface area contributed by atoms with Gasteiger partial charge >= 0.3 is 0 Å². The molecule has 3 fully saturated rings. The SMILES string of the molecule is CCC1(C)CC(CN)(N2CCN3CCCC3C2)CCO1. The molecule has 0 spiro atoms. The Labute approximate surface area is 123 Å². The number of nitrogens with zero attached hydrogens (tertiary/aromatic N) is 2. The molecule has 3 aliphatic rings. The summed E-state index contributed by atoms with van der Waals surface area (Å²) in [4.78, 5) is 5.40. The van der Waals surface area contributed by atoms with Gasteiger partial charge in [-0.25, -0.2) is 0 Å². The van der Waals surface area contributed by atoms with Gasteiger partial charge in [-0.15, -0.1) is 0 Å². The number of fused-ring (bicyclic) bond motifs is 1. The molecule has 3 aliphatic heterocycles. The minimum atomic E-state index is 0.0183. The van der Waals surface area contributed by atoms with Gasteiger partial charge in [0.1, 0.15) is 0 Å². The van der Waals surface area contributed by atoms with Gasteiger partial charge in [-0.1, -0.05) is 6.92 Å². The zero-order chi connectivity index (χ0) is 14.2. The summed E-state index contributed by atoms with van der Waals surface area (Å²) in [5.41, 5.74) is 6.47. The van der Waals surface area contributed by atoms with E-state index in [0.717, 1.165) is 38.5 Å². The lowest BCUT2D eigenvalue weighted by atomic mass is 9.77. The van der Waals surface area contributed by atoms with E-state index in [1.165, 1.54) is 39.0 Å². The van der Waals surface area contributed by atoms with E-state index in [4.69, 9.17) is 10.5 Å². The molecule has 0 saturated carbocycles. The van der Waals surface area contributed by atoms with Gasteiger partial charge in [0.05, 0.1) is 5.60 Å². The average molecular weight is 281 g/mol. The Morgan fingerprint density at radius 2 is 2.15 bits per heavy atom. The van der Waals surface area contributed by atoms with Gasteiger partial charge in [0.2, 0.25) is 0 Å². The first-order valence-corrected chi connectivity index (χ1v) is 8.44. The van der Waals surface area contributed by atoms with Crippen LogP contribution >= 0.6 is 0 Å². The van der Waals surface area contributed by atoms with E-state index in [9.17, 15) is 0 Å². The van der Waals surface area contributed by atoms with Gasteiger partial charge in [0.15, 0.2) is 0 Å². The molecule has 3 rings (SSSR count). The van der Waals surface area contributed by atoms with E-state index in [1.54, 1.807) is 0 Å². The standard InChI is InChI=1S/C16H31N3O/c1-3-15(2)12-16(13-17,6-10-20-15)19-9-8-18-7-4-5-14(18)11-19/h14H,3-13,17H2,1-2H3. The van der Waals surface area contributed by atoms with Crippen molar-refractivity contribution in [3.05, 3.63) is 0 Å². The van der Waals surface area contributed by atoms with E-state index < -0.39 is 0 Å². The van der Waals surface area contributed by atoms with Crippen LogP contribution in [0.4, 0.5) is 0 Å². The third kappa shape index (κ3) is 2.52. The van der Waals surface area contributed by atoms with Crippen LogP contribution in [0.25, 0.3) is 0 Å². The Hall–Kier alpha value is -0.160. The second-order valence-corrected chi connectivity index (χ2v) is 7.29. The zero-order valence-corrected chi connectivity index (χ0v) is 13.2. The summed E-state index contributed by atoms with van der Waals surface area (Å²) in [5, 5.41) is 0. The number of piperazine rings is 1. The first-order valence-electron chi connectivity index (χ1n) is 8.44. The minimum Gasteiger partial charge on any atom is -0.375 e. The summed E-state index contributed by atoms with van der Waals surface area (Å²) >= 11 is 0. The normalized spacial score (nSPS) is 43.6. The first kappa shape index (κ1) is 14.8. The Morgan fingerprint density at radius 3 is 2.90 bits per heavy atom. The second kappa shape index (κ2) is 5.56. The fourth-order valence-electron chi connectivity index (χ4n) is 4.55. The summed E-state index contributed by atoms with van der Waals surface area (Å²) in [6, 6.07) is 0.780. The predicted octanol–water partition coefficient (Wildman–Crippen LogP) is 1.44. The van der Waals surface area contributed by atoms with Crippen molar-refractivity contribution in [1.29, 1.82) is 0 Å². The molecular formula is C16H31N3O. The largest absolute Gasteiger partial charge is 0.375 e. The zero-order valence-electron chi connectivity index (χ0n) is 13.2. The molecule has 4 heteroatoms. The molecule has 0 amide bonds. The van der Waals surface area contributed by atoms with Crippen LogP contribution in [0.15, 0.2) is 0 Å². The van der Waals surface area contributed by atoms with Crippen molar-refractivity contribution in [2.24, 2.45) is 5.73 Å². The fourth-order valence-corrected chi connectivity index (χ4v) is 4.55. The van der Waals surface area contributed by atoms with Gasteiger partial charge in [0, 0.05) is 44.4 Å². The highest BCUT2D eigenvalue weighted by atomic mass is 16.5. The van der Waals surface area contributed by atoms with Gasteiger partial charge in [0.25, 0.3) is 0 Å². The van der Waals surface area contributed by atoms with Crippen LogP contribution in [-0.4, -0.2) is 66.3 Å². The van der Waals surface area contributed by atoms with Crippen LogP contribution in [0.5, 0.6) is 0 Å². The van der Waals surface area contributed by atoms with Crippen molar-refractivity contribution >= 4 is 0 Å². The lowest BCUT2D eigenvalue weighted by molar-refractivity contribution is -0.137. The molecule has 0 bridgehead atoms. The maximum absolute atomic E-state index is 6.27. The van der Waals surface area contributed by atoms with Crippen LogP contribution in [0.2, 0.25) is 0 Å². The highest BCUT2D eigenvalue weighted by molar-refractivity contribution is 5.03. The van der Waals surface area contributed by atoms with E-state index >= 15 is 0 Å². The number of ether oxygens (including phenoxy) is 1. The van der Waals surface area contributed by atoms with Gasteiger partial charge in [-0.2, -0.15) is 0 Å². The predicted molar refractivity (Wildman–Crippen MR) is 81.8 cm³/mol. The van der Waals surface area contributed by atoms with Crippen molar-refractivity contribution in [1.82, 2.24) is 9.80 Å². The number of nitrogens with two attached hydrogens (primary N) is 1. The quantitative estimate of drug-likeness (QED) is 0.850. The Kier molecular flexibility index (Phi) is 4.10. The van der Waals surface area contributed by atoms with Crippen molar-refractivity contribution in [3.63, 3.8) is 0 Å². The monoisotopic (exact) mass is 281 g/mol. The summed E-state index contributed by atoms with van der Waals surface area (Å²) in [6.07, 6.45) is 6.03. The van der Waals surface area contributed by atoms with E-state index in [0.29, 0.717) is 0 Å². The smallest absolute Gasteiger partial charge is 0.0670 e. The molecule has 0 aromatic carbocycles. The van der Waals surface area contributed by atoms with Crippen LogP contribution < -0.4 is 5.73 Å². The van der Waals surface area contributed by atoms with Crippen molar-refractivity contribution in [2.75, 3.05) is 39.3 Å². The lowest BCUT2D eigenvalue weighted by Gasteiger charge is -2.54. The molecule has 3 saturated heterocycles. The molecule has 116 valence electrons. The maximum atomic E-state index is 6.27. The second-order valence-electron chi connectivity index (χ2n) is 7.29. The highest BCUT2D eigenvalue weighted by Gasteiger charge is 2.47. The summed E-state index contributed by atoms with van der Waals surface area (Å²) < 4.78 is 6.06. The van der Waals surface area contributed by atoms with Gasteiger partial charge in [-0.3, -0.25) is 9.80 Å². The molecule has 0 aliphatic carbocycles. The Bertz CT molecular complexity index is 351. The van der Waals surface area contributed by atoms with E-state index in [2.05, 4.69) is 23.6 Å². The number of hydrogen-bond acceptors (Lipinski definition) is 4. The molecule has 3 atom stereocenters. The topological polar surface area (TPSA) is 41.7 Å². The van der Waals surface area contributed by atoms with Gasteiger partial charge in [-0.05, 0) is 45.6 Å². The summed E-state index contributed by atoms with van der Waals surface area (Å²) in [7, 11) is 0. The first-order chi connectivity index (χ1) is 9.61. The Balaban J connectivity index is 1.75. The average Bonchev–Trinajstić information content (AvgIpc) is 2.94. The molecule has 2 N–H and O–H groups in total. The van der Waals surface area contributed by atoms with Crippen LogP contribution in [-0.2, 0) is 4.74 Å². The third-order valence-corrected chi connectivity index (χ3v) is 6.11. The highest BCUT2D eigenvalue weighted by Crippen LogP contribution is 2.39. The van der Waals surface area contributed by atoms with E-state index in [1.807, 2.05) is 0 Å². The molecule has 4 nitrogen and oxygen atoms in total. The number of rotatable bonds is 3. The minimum absolute atomic E-state index is 0.0183. The third-order valence-electron chi connectivity index (χ3n) is 6.11. The molecule has 0 aromatic rings. The van der Waals surface area contributed by atoms with Crippen molar-refractivity contribution in [2.45, 2.75) is 63.1 Å². The number of hydrogen-bond donors (Lipinski definition) is 1. The molecule has 20 heavy (non-hydrogen) atoms. The van der Waals surface area contributed by atoms with Crippen LogP contribution in [0, 0.1) is 0 Å². The van der Waals surface area contributed by atoms with E-state index in [-0.39, 0.29) is 11.1 Å². The molecule has 0 aromatic heterocycles. The van der Waals surface area contributed by atoms with Crippen molar-refractivity contribution in [3.8, 4) is 0 Å².